The van der Waals surface area contributed by atoms with Crippen LogP contribution in [-0.2, 0) is 0 Å². The van der Waals surface area contributed by atoms with Crippen molar-refractivity contribution in [1.29, 1.82) is 0 Å². The minimum atomic E-state index is -0.736. The summed E-state index contributed by atoms with van der Waals surface area (Å²) in [4.78, 5) is 0. The molecule has 0 spiro atoms. The Morgan fingerprint density at radius 1 is 1.00 bits per heavy atom. The molecular weight excluding hydrogens is 232 g/mol. The summed E-state index contributed by atoms with van der Waals surface area (Å²) in [6.07, 6.45) is 1.21. The van der Waals surface area contributed by atoms with Gasteiger partial charge in [-0.15, -0.1) is 0 Å². The molecule has 94 valence electrons. The van der Waals surface area contributed by atoms with Crippen LogP contribution in [0.1, 0.15) is 18.1 Å². The number of rotatable bonds is 2. The third-order valence-corrected chi connectivity index (χ3v) is 2.75. The minimum absolute atomic E-state index is 0.736. The smallest absolute Gasteiger partial charge is 0.136 e. The normalized spacial score (nSPS) is 12.4. The maximum atomic E-state index is 10.00. The molecular formula is C18H16O. The first kappa shape index (κ1) is 13.1. The Bertz CT molecular complexity index is 600. The monoisotopic (exact) mass is 248 g/mol. The highest BCUT2D eigenvalue weighted by Crippen LogP contribution is 2.09. The molecule has 0 radical (unpaired) electrons. The van der Waals surface area contributed by atoms with Crippen LogP contribution in [0.2, 0.25) is 0 Å². The standard InChI is InChI=1S/C18H16O/c1-15(14-17-10-6-3-7-11-17)18(19)13-12-16-8-4-2-5-9-16/h2-11,14,18-19H,1H3/b15-14+/t18-/m1/s1. The lowest BCUT2D eigenvalue weighted by molar-refractivity contribution is 0.269. The van der Waals surface area contributed by atoms with Gasteiger partial charge in [0.1, 0.15) is 6.10 Å². The molecule has 2 rings (SSSR count). The third-order valence-electron chi connectivity index (χ3n) is 2.75. The van der Waals surface area contributed by atoms with Crippen molar-refractivity contribution >= 4 is 6.08 Å². The fourth-order valence-corrected chi connectivity index (χ4v) is 1.68. The first-order valence-corrected chi connectivity index (χ1v) is 6.23. The molecule has 0 saturated carbocycles. The van der Waals surface area contributed by atoms with Gasteiger partial charge in [0.2, 0.25) is 0 Å². The zero-order valence-corrected chi connectivity index (χ0v) is 10.9. The van der Waals surface area contributed by atoms with Crippen molar-refractivity contribution in [1.82, 2.24) is 0 Å². The molecule has 0 heterocycles. The number of hydrogen-bond donors (Lipinski definition) is 1. The minimum Gasteiger partial charge on any atom is -0.376 e. The second-order valence-corrected chi connectivity index (χ2v) is 4.34. The van der Waals surface area contributed by atoms with Gasteiger partial charge in [-0.3, -0.25) is 0 Å². The summed E-state index contributed by atoms with van der Waals surface area (Å²) in [5, 5.41) is 10.00. The Morgan fingerprint density at radius 3 is 2.21 bits per heavy atom. The van der Waals surface area contributed by atoms with Crippen LogP contribution in [0.5, 0.6) is 0 Å². The Kier molecular flexibility index (Phi) is 4.55. The third kappa shape index (κ3) is 4.13. The predicted octanol–water partition coefficient (Wildman–Crippen LogP) is 3.50. The van der Waals surface area contributed by atoms with Gasteiger partial charge in [0.05, 0.1) is 0 Å². The summed E-state index contributed by atoms with van der Waals surface area (Å²) in [5.74, 6) is 5.83. The van der Waals surface area contributed by atoms with Crippen LogP contribution in [0.15, 0.2) is 66.2 Å². The van der Waals surface area contributed by atoms with Gasteiger partial charge in [-0.25, -0.2) is 0 Å². The summed E-state index contributed by atoms with van der Waals surface area (Å²) in [6, 6.07) is 19.6. The molecule has 0 aromatic heterocycles. The predicted molar refractivity (Wildman–Crippen MR) is 79.4 cm³/mol. The molecule has 1 heteroatoms. The Morgan fingerprint density at radius 2 is 1.58 bits per heavy atom. The molecule has 2 aromatic rings. The SMILES string of the molecule is C/C(=C\c1ccccc1)[C@H](O)C#Cc1ccccc1. The van der Waals surface area contributed by atoms with Gasteiger partial charge in [0.25, 0.3) is 0 Å². The van der Waals surface area contributed by atoms with E-state index in [4.69, 9.17) is 0 Å². The van der Waals surface area contributed by atoms with Gasteiger partial charge >= 0.3 is 0 Å². The Hall–Kier alpha value is -2.30. The van der Waals surface area contributed by atoms with Gasteiger partial charge in [-0.05, 0) is 30.2 Å². The van der Waals surface area contributed by atoms with Crippen molar-refractivity contribution < 1.29 is 5.11 Å². The molecule has 0 bridgehead atoms. The van der Waals surface area contributed by atoms with Crippen molar-refractivity contribution in [3.63, 3.8) is 0 Å². The van der Waals surface area contributed by atoms with Gasteiger partial charge in [-0.2, -0.15) is 0 Å². The lowest BCUT2D eigenvalue weighted by Gasteiger charge is -2.03. The second-order valence-electron chi connectivity index (χ2n) is 4.34. The maximum Gasteiger partial charge on any atom is 0.136 e. The molecule has 19 heavy (non-hydrogen) atoms. The van der Waals surface area contributed by atoms with E-state index in [-0.39, 0.29) is 0 Å². The van der Waals surface area contributed by atoms with Crippen molar-refractivity contribution in [2.45, 2.75) is 13.0 Å². The molecule has 0 aliphatic heterocycles. The fourth-order valence-electron chi connectivity index (χ4n) is 1.68. The highest BCUT2D eigenvalue weighted by Gasteiger charge is 2.01. The van der Waals surface area contributed by atoms with E-state index in [9.17, 15) is 5.11 Å². The van der Waals surface area contributed by atoms with Crippen molar-refractivity contribution in [3.05, 3.63) is 77.4 Å². The Labute approximate surface area is 114 Å². The number of aliphatic hydroxyl groups excluding tert-OH is 1. The van der Waals surface area contributed by atoms with Crippen LogP contribution in [0.3, 0.4) is 0 Å². The molecule has 1 atom stereocenters. The average molecular weight is 248 g/mol. The molecule has 0 aliphatic carbocycles. The van der Waals surface area contributed by atoms with Crippen LogP contribution < -0.4 is 0 Å². The van der Waals surface area contributed by atoms with E-state index in [0.717, 1.165) is 16.7 Å². The molecule has 0 saturated heterocycles. The lowest BCUT2D eigenvalue weighted by atomic mass is 10.1. The quantitative estimate of drug-likeness (QED) is 0.806. The maximum absolute atomic E-state index is 10.00. The van der Waals surface area contributed by atoms with E-state index in [2.05, 4.69) is 11.8 Å². The van der Waals surface area contributed by atoms with E-state index < -0.39 is 6.10 Å². The van der Waals surface area contributed by atoms with Crippen LogP contribution in [-0.4, -0.2) is 11.2 Å². The molecule has 0 unspecified atom stereocenters. The van der Waals surface area contributed by atoms with E-state index in [0.29, 0.717) is 0 Å². The van der Waals surface area contributed by atoms with Crippen molar-refractivity contribution in [2.75, 3.05) is 0 Å². The molecule has 2 aromatic carbocycles. The van der Waals surface area contributed by atoms with Gasteiger partial charge in [0, 0.05) is 5.56 Å². The number of benzene rings is 2. The van der Waals surface area contributed by atoms with Gasteiger partial charge in [0.15, 0.2) is 0 Å². The molecule has 1 nitrogen and oxygen atoms in total. The molecule has 0 fully saturated rings. The molecule has 0 aliphatic rings. The van der Waals surface area contributed by atoms with Crippen LogP contribution in [0.4, 0.5) is 0 Å². The largest absolute Gasteiger partial charge is 0.376 e. The molecule has 0 amide bonds. The number of aliphatic hydroxyl groups is 1. The van der Waals surface area contributed by atoms with Crippen molar-refractivity contribution in [3.8, 4) is 11.8 Å². The van der Waals surface area contributed by atoms with Crippen LogP contribution in [0, 0.1) is 11.8 Å². The fraction of sp³-hybridized carbons (Fsp3) is 0.111. The first-order valence-electron chi connectivity index (χ1n) is 6.23. The Balaban J connectivity index is 2.10. The van der Waals surface area contributed by atoms with Gasteiger partial charge in [-0.1, -0.05) is 66.4 Å². The topological polar surface area (TPSA) is 20.2 Å². The highest BCUT2D eigenvalue weighted by molar-refractivity contribution is 5.54. The summed E-state index contributed by atoms with van der Waals surface area (Å²) < 4.78 is 0. The summed E-state index contributed by atoms with van der Waals surface area (Å²) in [7, 11) is 0. The zero-order chi connectivity index (χ0) is 13.5. The van der Waals surface area contributed by atoms with E-state index in [1.807, 2.05) is 73.7 Å². The van der Waals surface area contributed by atoms with Crippen LogP contribution in [0.25, 0.3) is 6.08 Å². The number of hydrogen-bond acceptors (Lipinski definition) is 1. The summed E-state index contributed by atoms with van der Waals surface area (Å²) in [5.41, 5.74) is 2.82. The van der Waals surface area contributed by atoms with E-state index >= 15 is 0 Å². The zero-order valence-electron chi connectivity index (χ0n) is 10.9. The summed E-state index contributed by atoms with van der Waals surface area (Å²) in [6.45, 7) is 1.89. The average Bonchev–Trinajstić information content (AvgIpc) is 2.47. The first-order chi connectivity index (χ1) is 9.25. The van der Waals surface area contributed by atoms with Crippen molar-refractivity contribution in [2.24, 2.45) is 0 Å². The highest BCUT2D eigenvalue weighted by atomic mass is 16.3. The summed E-state index contributed by atoms with van der Waals surface area (Å²) >= 11 is 0. The van der Waals surface area contributed by atoms with E-state index in [1.165, 1.54) is 0 Å². The van der Waals surface area contributed by atoms with Crippen LogP contribution >= 0.6 is 0 Å². The van der Waals surface area contributed by atoms with Gasteiger partial charge < -0.3 is 5.11 Å². The lowest BCUT2D eigenvalue weighted by Crippen LogP contribution is -2.04. The molecule has 1 N–H and O–H groups in total. The second kappa shape index (κ2) is 6.58. The van der Waals surface area contributed by atoms with E-state index in [1.54, 1.807) is 0 Å².